The molecule has 0 saturated heterocycles. The Labute approximate surface area is 127 Å². The molecule has 0 N–H and O–H groups in total. The van der Waals surface area contributed by atoms with E-state index in [1.165, 1.54) is 4.68 Å². The van der Waals surface area contributed by atoms with Crippen LogP contribution in [-0.4, -0.2) is 22.4 Å². The zero-order valence-electron chi connectivity index (χ0n) is 11.6. The van der Waals surface area contributed by atoms with E-state index in [-0.39, 0.29) is 12.3 Å². The van der Waals surface area contributed by atoms with Crippen LogP contribution in [0.3, 0.4) is 0 Å². The number of nitrogens with zero attached hydrogens (tertiary/aromatic N) is 2. The quantitative estimate of drug-likeness (QED) is 0.548. The van der Waals surface area contributed by atoms with Gasteiger partial charge in [-0.05, 0) is 24.3 Å². The van der Waals surface area contributed by atoms with Gasteiger partial charge < -0.3 is 9.15 Å². The largest absolute Gasteiger partial charge is 0.463 e. The van der Waals surface area contributed by atoms with Gasteiger partial charge in [0, 0.05) is 6.07 Å². The molecule has 0 aliphatic carbocycles. The summed E-state index contributed by atoms with van der Waals surface area (Å²) in [7, 11) is 0. The van der Waals surface area contributed by atoms with Gasteiger partial charge in [-0.15, -0.1) is 6.42 Å². The van der Waals surface area contributed by atoms with E-state index >= 15 is 0 Å². The van der Waals surface area contributed by atoms with Crippen molar-refractivity contribution in [2.45, 2.75) is 0 Å². The van der Waals surface area contributed by atoms with E-state index in [0.717, 1.165) is 5.69 Å². The predicted octanol–water partition coefficient (Wildman–Crippen LogP) is 2.92. The lowest BCUT2D eigenvalue weighted by molar-refractivity contribution is 0.0546. The number of hydrogen-bond acceptors (Lipinski definition) is 4. The third-order valence-corrected chi connectivity index (χ3v) is 2.98. The summed E-state index contributed by atoms with van der Waals surface area (Å²) < 4.78 is 11.8. The average molecular weight is 292 g/mol. The molecule has 0 unspecified atom stereocenters. The van der Waals surface area contributed by atoms with Gasteiger partial charge in [-0.25, -0.2) is 9.48 Å². The maximum Gasteiger partial charge on any atom is 0.358 e. The van der Waals surface area contributed by atoms with Crippen molar-refractivity contribution in [3.05, 3.63) is 60.5 Å². The number of carbonyl (C=O) groups excluding carboxylic acids is 1. The third-order valence-electron chi connectivity index (χ3n) is 2.98. The summed E-state index contributed by atoms with van der Waals surface area (Å²) in [5.41, 5.74) is 1.57. The molecular weight excluding hydrogens is 280 g/mol. The minimum Gasteiger partial charge on any atom is -0.463 e. The van der Waals surface area contributed by atoms with Crippen molar-refractivity contribution < 1.29 is 13.9 Å². The summed E-state index contributed by atoms with van der Waals surface area (Å²) in [6, 6.07) is 14.4. The Hall–Kier alpha value is -3.26. The number of rotatable bonds is 4. The second kappa shape index (κ2) is 6.02. The Morgan fingerprint density at radius 3 is 2.77 bits per heavy atom. The van der Waals surface area contributed by atoms with E-state index in [1.807, 2.05) is 30.3 Å². The van der Waals surface area contributed by atoms with E-state index < -0.39 is 5.97 Å². The van der Waals surface area contributed by atoms with E-state index in [1.54, 1.807) is 24.5 Å². The van der Waals surface area contributed by atoms with Crippen LogP contribution in [0.4, 0.5) is 0 Å². The highest BCUT2D eigenvalue weighted by atomic mass is 16.5. The van der Waals surface area contributed by atoms with Gasteiger partial charge in [-0.3, -0.25) is 0 Å². The highest BCUT2D eigenvalue weighted by molar-refractivity contribution is 5.89. The van der Waals surface area contributed by atoms with Gasteiger partial charge in [0.1, 0.15) is 5.69 Å². The average Bonchev–Trinajstić information content (AvgIpc) is 3.22. The first-order chi connectivity index (χ1) is 10.8. The lowest BCUT2D eigenvalue weighted by Gasteiger charge is -2.05. The molecule has 0 atom stereocenters. The van der Waals surface area contributed by atoms with E-state index in [0.29, 0.717) is 11.5 Å². The maximum atomic E-state index is 12.2. The van der Waals surface area contributed by atoms with Crippen LogP contribution < -0.4 is 0 Å². The molecule has 0 aliphatic rings. The van der Waals surface area contributed by atoms with Crippen LogP contribution >= 0.6 is 0 Å². The van der Waals surface area contributed by atoms with Crippen LogP contribution in [0.1, 0.15) is 10.5 Å². The fourth-order valence-corrected chi connectivity index (χ4v) is 2.02. The van der Waals surface area contributed by atoms with E-state index in [4.69, 9.17) is 15.6 Å². The molecule has 0 saturated carbocycles. The third kappa shape index (κ3) is 2.63. The molecule has 0 fully saturated rings. The van der Waals surface area contributed by atoms with Gasteiger partial charge in [0.05, 0.1) is 12.0 Å². The van der Waals surface area contributed by atoms with Crippen LogP contribution in [-0.2, 0) is 4.74 Å². The molecule has 0 amide bonds. The number of terminal acetylenes is 1. The zero-order valence-corrected chi connectivity index (χ0v) is 11.6. The minimum atomic E-state index is -0.535. The zero-order chi connectivity index (χ0) is 15.4. The van der Waals surface area contributed by atoms with E-state index in [2.05, 4.69) is 11.0 Å². The number of furan rings is 1. The molecule has 3 rings (SSSR count). The fraction of sp³-hybridized carbons (Fsp3) is 0.0588. The SMILES string of the molecule is C#CCOC(=O)c1cc(-c2ccco2)nn1-c1ccccc1. The van der Waals surface area contributed by atoms with Gasteiger partial charge in [0.25, 0.3) is 0 Å². The number of para-hydroxylation sites is 1. The van der Waals surface area contributed by atoms with Crippen molar-refractivity contribution in [2.75, 3.05) is 6.61 Å². The Bertz CT molecular complexity index is 811. The maximum absolute atomic E-state index is 12.2. The second-order valence-corrected chi connectivity index (χ2v) is 4.42. The smallest absolute Gasteiger partial charge is 0.358 e. The molecule has 0 radical (unpaired) electrons. The van der Waals surface area contributed by atoms with Crippen molar-refractivity contribution >= 4 is 5.97 Å². The predicted molar refractivity (Wildman–Crippen MR) is 80.4 cm³/mol. The first-order valence-corrected chi connectivity index (χ1v) is 6.59. The standard InChI is InChI=1S/C17H12N2O3/c1-2-10-22-17(20)15-12-14(16-9-6-11-21-16)18-19(15)13-7-4-3-5-8-13/h1,3-9,11-12H,10H2. The topological polar surface area (TPSA) is 57.3 Å². The number of ether oxygens (including phenoxy) is 1. The number of hydrogen-bond donors (Lipinski definition) is 0. The van der Waals surface area contributed by atoms with Gasteiger partial charge in [-0.1, -0.05) is 24.1 Å². The Balaban J connectivity index is 2.06. The van der Waals surface area contributed by atoms with Crippen LogP contribution in [0.15, 0.2) is 59.2 Å². The minimum absolute atomic E-state index is 0.0884. The van der Waals surface area contributed by atoms with Gasteiger partial charge in [0.15, 0.2) is 18.1 Å². The first-order valence-electron chi connectivity index (χ1n) is 6.59. The Kier molecular flexibility index (Phi) is 3.75. The number of aromatic nitrogens is 2. The molecule has 2 aromatic heterocycles. The summed E-state index contributed by atoms with van der Waals surface area (Å²) >= 11 is 0. The molecule has 0 bridgehead atoms. The van der Waals surface area contributed by atoms with Gasteiger partial charge in [0.2, 0.25) is 0 Å². The van der Waals surface area contributed by atoms with Crippen molar-refractivity contribution in [3.63, 3.8) is 0 Å². The lowest BCUT2D eigenvalue weighted by Crippen LogP contribution is -2.12. The van der Waals surface area contributed by atoms with Crippen molar-refractivity contribution in [3.8, 4) is 29.5 Å². The molecule has 5 nitrogen and oxygen atoms in total. The normalized spacial score (nSPS) is 10.1. The molecule has 5 heteroatoms. The number of esters is 1. The van der Waals surface area contributed by atoms with Crippen LogP contribution in [0.2, 0.25) is 0 Å². The molecule has 1 aromatic carbocycles. The van der Waals surface area contributed by atoms with Crippen molar-refractivity contribution in [1.29, 1.82) is 0 Å². The number of carbonyl (C=O) groups is 1. The first kappa shape index (κ1) is 13.7. The Morgan fingerprint density at radius 1 is 1.27 bits per heavy atom. The van der Waals surface area contributed by atoms with Gasteiger partial charge in [-0.2, -0.15) is 5.10 Å². The summed E-state index contributed by atoms with van der Waals surface area (Å²) in [6.45, 7) is -0.0884. The molecule has 2 heterocycles. The van der Waals surface area contributed by atoms with Gasteiger partial charge >= 0.3 is 5.97 Å². The lowest BCUT2D eigenvalue weighted by atomic mass is 10.3. The number of benzene rings is 1. The summed E-state index contributed by atoms with van der Waals surface area (Å²) in [5, 5.41) is 4.42. The molecule has 108 valence electrons. The Morgan fingerprint density at radius 2 is 2.09 bits per heavy atom. The summed E-state index contributed by atoms with van der Waals surface area (Å²) in [6.07, 6.45) is 6.67. The molecule has 22 heavy (non-hydrogen) atoms. The van der Waals surface area contributed by atoms with Crippen LogP contribution in [0, 0.1) is 12.3 Å². The summed E-state index contributed by atoms with van der Waals surface area (Å²) in [4.78, 5) is 12.2. The van der Waals surface area contributed by atoms with E-state index in [9.17, 15) is 4.79 Å². The van der Waals surface area contributed by atoms with Crippen LogP contribution in [0.25, 0.3) is 17.1 Å². The monoisotopic (exact) mass is 292 g/mol. The molecule has 0 spiro atoms. The fourth-order valence-electron chi connectivity index (χ4n) is 2.02. The van der Waals surface area contributed by atoms with Crippen LogP contribution in [0.5, 0.6) is 0 Å². The second-order valence-electron chi connectivity index (χ2n) is 4.42. The van der Waals surface area contributed by atoms with Crippen molar-refractivity contribution in [2.24, 2.45) is 0 Å². The molecule has 0 aliphatic heterocycles. The highest BCUT2D eigenvalue weighted by Crippen LogP contribution is 2.22. The molecule has 3 aromatic rings. The summed E-state index contributed by atoms with van der Waals surface area (Å²) in [5.74, 6) is 2.31. The molecular formula is C17H12N2O3. The highest BCUT2D eigenvalue weighted by Gasteiger charge is 2.19. The van der Waals surface area contributed by atoms with Crippen molar-refractivity contribution in [1.82, 2.24) is 9.78 Å².